The fourth-order valence-corrected chi connectivity index (χ4v) is 5.85. The minimum absolute atomic E-state index is 0.100. The summed E-state index contributed by atoms with van der Waals surface area (Å²) < 4.78 is 6.44. The fraction of sp³-hybridized carbons (Fsp3) is 0.708. The van der Waals surface area contributed by atoms with Crippen LogP contribution in [0.3, 0.4) is 0 Å². The maximum atomic E-state index is 13.9. The second kappa shape index (κ2) is 9.35. The highest BCUT2D eigenvalue weighted by Gasteiger charge is 2.75. The number of hydrogen-bond donors (Lipinski definition) is 1. The smallest absolute Gasteiger partial charge is 0.248 e. The van der Waals surface area contributed by atoms with Crippen LogP contribution in [0.5, 0.6) is 0 Å². The molecule has 3 heterocycles. The van der Waals surface area contributed by atoms with Gasteiger partial charge in [0, 0.05) is 26.2 Å². The molecule has 8 heteroatoms. The van der Waals surface area contributed by atoms with Gasteiger partial charge in [-0.15, -0.1) is 13.2 Å². The van der Waals surface area contributed by atoms with Crippen molar-refractivity contribution in [3.05, 3.63) is 25.3 Å². The van der Waals surface area contributed by atoms with Crippen molar-refractivity contribution in [3.63, 3.8) is 0 Å². The summed E-state index contributed by atoms with van der Waals surface area (Å²) in [6.07, 6.45) is 4.58. The zero-order chi connectivity index (χ0) is 23.8. The molecule has 3 saturated heterocycles. The third-order valence-corrected chi connectivity index (χ3v) is 7.34. The van der Waals surface area contributed by atoms with Crippen molar-refractivity contribution in [1.82, 2.24) is 14.7 Å². The lowest BCUT2D eigenvalue weighted by Gasteiger charge is -2.40. The van der Waals surface area contributed by atoms with Crippen molar-refractivity contribution in [2.45, 2.75) is 69.9 Å². The molecule has 2 unspecified atom stereocenters. The van der Waals surface area contributed by atoms with E-state index in [2.05, 4.69) is 13.2 Å². The lowest BCUT2D eigenvalue weighted by atomic mass is 9.70. The number of rotatable bonds is 10. The van der Waals surface area contributed by atoms with Gasteiger partial charge in [0.2, 0.25) is 17.7 Å². The summed E-state index contributed by atoms with van der Waals surface area (Å²) >= 11 is 0. The Morgan fingerprint density at radius 1 is 1.28 bits per heavy atom. The number of hydrogen-bond acceptors (Lipinski definition) is 5. The molecule has 0 radical (unpaired) electrons. The highest BCUT2D eigenvalue weighted by Crippen LogP contribution is 2.59. The Morgan fingerprint density at radius 2 is 1.94 bits per heavy atom. The van der Waals surface area contributed by atoms with Gasteiger partial charge >= 0.3 is 0 Å². The van der Waals surface area contributed by atoms with Gasteiger partial charge < -0.3 is 24.5 Å². The van der Waals surface area contributed by atoms with E-state index >= 15 is 0 Å². The fourth-order valence-electron chi connectivity index (χ4n) is 5.85. The van der Waals surface area contributed by atoms with E-state index < -0.39 is 29.5 Å². The van der Waals surface area contributed by atoms with E-state index in [0.29, 0.717) is 32.4 Å². The normalized spacial score (nSPS) is 31.6. The second-order valence-corrected chi connectivity index (χ2v) is 9.43. The van der Waals surface area contributed by atoms with Crippen LogP contribution in [0.1, 0.15) is 40.0 Å². The molecule has 0 saturated carbocycles. The van der Waals surface area contributed by atoms with Crippen LogP contribution in [0.2, 0.25) is 0 Å². The van der Waals surface area contributed by atoms with Crippen LogP contribution in [0.4, 0.5) is 0 Å². The molecule has 8 nitrogen and oxygen atoms in total. The molecule has 178 valence electrons. The van der Waals surface area contributed by atoms with Crippen molar-refractivity contribution in [2.75, 3.05) is 26.7 Å². The van der Waals surface area contributed by atoms with Crippen molar-refractivity contribution in [1.29, 1.82) is 0 Å². The maximum Gasteiger partial charge on any atom is 0.248 e. The van der Waals surface area contributed by atoms with Crippen molar-refractivity contribution < 1.29 is 24.2 Å². The van der Waals surface area contributed by atoms with Crippen LogP contribution < -0.4 is 0 Å². The lowest BCUT2D eigenvalue weighted by molar-refractivity contribution is -0.152. The molecule has 1 spiro atoms. The van der Waals surface area contributed by atoms with Gasteiger partial charge in [0.25, 0.3) is 0 Å². The summed E-state index contributed by atoms with van der Waals surface area (Å²) in [5, 5.41) is 10.1. The van der Waals surface area contributed by atoms with E-state index in [-0.39, 0.29) is 36.5 Å². The largest absolute Gasteiger partial charge is 0.394 e. The first-order chi connectivity index (χ1) is 15.2. The molecule has 0 aromatic rings. The Balaban J connectivity index is 2.09. The zero-order valence-electron chi connectivity index (χ0n) is 19.7. The molecule has 0 aliphatic carbocycles. The van der Waals surface area contributed by atoms with Gasteiger partial charge in [-0.2, -0.15) is 0 Å². The van der Waals surface area contributed by atoms with E-state index in [4.69, 9.17) is 4.74 Å². The SMILES string of the molecule is C=CCN(C)C(=O)[C@@H]1[C@H]2C(=O)N([C@@H](CC)CO)C(C(=O)N(CC=C)C(C)C)C23CC[C@H]1O3. The predicted molar refractivity (Wildman–Crippen MR) is 120 cm³/mol. The number of fused-ring (bicyclic) bond motifs is 1. The molecular formula is C24H37N3O5. The summed E-state index contributed by atoms with van der Waals surface area (Å²) in [6, 6.07) is -1.48. The lowest BCUT2D eigenvalue weighted by Crippen LogP contribution is -2.59. The minimum Gasteiger partial charge on any atom is -0.394 e. The topological polar surface area (TPSA) is 90.4 Å². The van der Waals surface area contributed by atoms with Gasteiger partial charge in [-0.1, -0.05) is 19.1 Å². The number of ether oxygens (including phenoxy) is 1. The number of likely N-dealkylation sites (tertiary alicyclic amines) is 1. The second-order valence-electron chi connectivity index (χ2n) is 9.43. The number of aliphatic hydroxyl groups excluding tert-OH is 1. The molecule has 6 atom stereocenters. The molecule has 0 aromatic heterocycles. The number of likely N-dealkylation sites (N-methyl/N-ethyl adjacent to an activating group) is 1. The van der Waals surface area contributed by atoms with Gasteiger partial charge in [0.05, 0.1) is 30.6 Å². The molecular weight excluding hydrogens is 410 g/mol. The van der Waals surface area contributed by atoms with Gasteiger partial charge in [-0.25, -0.2) is 0 Å². The Bertz CT molecular complexity index is 780. The standard InChI is InChI=1S/C24H37N3O5/c1-7-12-25(6)21(29)18-17-10-11-24(32-17)19(18)22(30)27(16(9-3)14-28)20(24)23(31)26(13-8-2)15(4)5/h7-8,15-20,28H,1-2,9-14H2,3-6H3/t16-,17+,18-,19-,20?,24?/m0/s1. The molecule has 3 aliphatic rings. The van der Waals surface area contributed by atoms with Gasteiger partial charge in [-0.3, -0.25) is 14.4 Å². The van der Waals surface area contributed by atoms with Crippen LogP contribution in [-0.4, -0.2) is 94.1 Å². The highest BCUT2D eigenvalue weighted by molar-refractivity contribution is 5.99. The zero-order valence-corrected chi connectivity index (χ0v) is 19.7. The van der Waals surface area contributed by atoms with Crippen LogP contribution in [0.15, 0.2) is 25.3 Å². The van der Waals surface area contributed by atoms with Crippen LogP contribution in [0.25, 0.3) is 0 Å². The number of aliphatic hydroxyl groups is 1. The van der Waals surface area contributed by atoms with E-state index in [1.807, 2.05) is 20.8 Å². The molecule has 32 heavy (non-hydrogen) atoms. The average Bonchev–Trinajstić information content (AvgIpc) is 3.40. The van der Waals surface area contributed by atoms with Crippen LogP contribution in [0, 0.1) is 11.8 Å². The third-order valence-electron chi connectivity index (χ3n) is 7.34. The van der Waals surface area contributed by atoms with Crippen LogP contribution >= 0.6 is 0 Å². The van der Waals surface area contributed by atoms with Gasteiger partial charge in [0.1, 0.15) is 11.6 Å². The first kappa shape index (κ1) is 24.5. The summed E-state index contributed by atoms with van der Waals surface area (Å²) in [4.78, 5) is 45.9. The first-order valence-corrected chi connectivity index (χ1v) is 11.6. The molecule has 0 aromatic carbocycles. The Morgan fingerprint density at radius 3 is 2.47 bits per heavy atom. The summed E-state index contributed by atoms with van der Waals surface area (Å²) in [6.45, 7) is 13.7. The molecule has 3 fully saturated rings. The molecule has 3 amide bonds. The summed E-state index contributed by atoms with van der Waals surface area (Å²) in [7, 11) is 1.69. The molecule has 3 rings (SSSR count). The van der Waals surface area contributed by atoms with E-state index in [1.54, 1.807) is 29.0 Å². The van der Waals surface area contributed by atoms with E-state index in [9.17, 15) is 19.5 Å². The number of nitrogens with zero attached hydrogens (tertiary/aromatic N) is 3. The quantitative estimate of drug-likeness (QED) is 0.508. The van der Waals surface area contributed by atoms with Crippen molar-refractivity contribution >= 4 is 17.7 Å². The highest BCUT2D eigenvalue weighted by atomic mass is 16.5. The molecule has 2 bridgehead atoms. The Kier molecular flexibility index (Phi) is 7.15. The van der Waals surface area contributed by atoms with Crippen LogP contribution in [-0.2, 0) is 19.1 Å². The minimum atomic E-state index is -1.05. The number of amides is 3. The van der Waals surface area contributed by atoms with Crippen molar-refractivity contribution in [2.24, 2.45) is 11.8 Å². The predicted octanol–water partition coefficient (Wildman–Crippen LogP) is 1.20. The maximum absolute atomic E-state index is 13.9. The third kappa shape index (κ3) is 3.57. The van der Waals surface area contributed by atoms with E-state index in [0.717, 1.165) is 0 Å². The summed E-state index contributed by atoms with van der Waals surface area (Å²) in [5.74, 6) is -2.00. The van der Waals surface area contributed by atoms with Gasteiger partial charge in [-0.05, 0) is 33.1 Å². The molecule has 1 N–H and O–H groups in total. The van der Waals surface area contributed by atoms with Crippen molar-refractivity contribution in [3.8, 4) is 0 Å². The Hall–Kier alpha value is -2.19. The Labute approximate surface area is 190 Å². The number of carbonyl (C=O) groups excluding carboxylic acids is 3. The molecule has 3 aliphatic heterocycles. The monoisotopic (exact) mass is 447 g/mol. The first-order valence-electron chi connectivity index (χ1n) is 11.6. The van der Waals surface area contributed by atoms with Gasteiger partial charge in [0.15, 0.2) is 0 Å². The summed E-state index contributed by atoms with van der Waals surface area (Å²) in [5.41, 5.74) is -1.05. The number of carbonyl (C=O) groups is 3. The van der Waals surface area contributed by atoms with E-state index in [1.165, 1.54) is 4.90 Å². The average molecular weight is 448 g/mol.